The summed E-state index contributed by atoms with van der Waals surface area (Å²) < 4.78 is 1.93. The number of fused-ring (bicyclic) bond motifs is 1. The highest BCUT2D eigenvalue weighted by Crippen LogP contribution is 2.18. The van der Waals surface area contributed by atoms with Gasteiger partial charge in [-0.25, -0.2) is 4.68 Å². The molecule has 0 bridgehead atoms. The SMILES string of the molecule is NCCn1nnc2c1CCC2. The van der Waals surface area contributed by atoms with E-state index in [4.69, 9.17) is 5.73 Å². The van der Waals surface area contributed by atoms with E-state index in [1.54, 1.807) is 0 Å². The van der Waals surface area contributed by atoms with Crippen molar-refractivity contribution >= 4 is 0 Å². The standard InChI is InChI=1S/C7H12N4/c8-4-5-11-7-3-1-2-6(7)9-10-11/h1-5,8H2. The largest absolute Gasteiger partial charge is 0.329 e. The van der Waals surface area contributed by atoms with Crippen LogP contribution in [0.15, 0.2) is 0 Å². The maximum Gasteiger partial charge on any atom is 0.0859 e. The van der Waals surface area contributed by atoms with Crippen molar-refractivity contribution in [2.75, 3.05) is 6.54 Å². The summed E-state index contributed by atoms with van der Waals surface area (Å²) in [6.45, 7) is 1.46. The lowest BCUT2D eigenvalue weighted by Gasteiger charge is -1.99. The lowest BCUT2D eigenvalue weighted by atomic mass is 10.3. The third-order valence-corrected chi connectivity index (χ3v) is 2.09. The van der Waals surface area contributed by atoms with E-state index in [-0.39, 0.29) is 0 Å². The van der Waals surface area contributed by atoms with Gasteiger partial charge < -0.3 is 5.73 Å². The van der Waals surface area contributed by atoms with E-state index < -0.39 is 0 Å². The summed E-state index contributed by atoms with van der Waals surface area (Å²) in [5, 5.41) is 8.09. The van der Waals surface area contributed by atoms with Crippen LogP contribution in [0.3, 0.4) is 0 Å². The molecule has 0 aromatic carbocycles. The van der Waals surface area contributed by atoms with Crippen LogP contribution in [0.1, 0.15) is 17.8 Å². The highest BCUT2D eigenvalue weighted by atomic mass is 15.4. The van der Waals surface area contributed by atoms with E-state index in [9.17, 15) is 0 Å². The zero-order chi connectivity index (χ0) is 7.68. The minimum absolute atomic E-state index is 0.649. The maximum atomic E-state index is 5.43. The van der Waals surface area contributed by atoms with Crippen LogP contribution in [0, 0.1) is 0 Å². The summed E-state index contributed by atoms with van der Waals surface area (Å²) in [4.78, 5) is 0. The Morgan fingerprint density at radius 1 is 1.45 bits per heavy atom. The monoisotopic (exact) mass is 152 g/mol. The van der Waals surface area contributed by atoms with Crippen molar-refractivity contribution in [3.8, 4) is 0 Å². The molecule has 0 aliphatic heterocycles. The first-order chi connectivity index (χ1) is 5.42. The number of nitrogens with zero attached hydrogens (tertiary/aromatic N) is 3. The number of rotatable bonds is 2. The molecule has 0 amide bonds. The van der Waals surface area contributed by atoms with Crippen molar-refractivity contribution in [2.45, 2.75) is 25.8 Å². The highest BCUT2D eigenvalue weighted by Gasteiger charge is 2.17. The molecule has 0 atom stereocenters. The van der Waals surface area contributed by atoms with Gasteiger partial charge in [-0.2, -0.15) is 0 Å². The zero-order valence-corrected chi connectivity index (χ0v) is 6.45. The van der Waals surface area contributed by atoms with Gasteiger partial charge in [0, 0.05) is 6.54 Å². The molecule has 0 radical (unpaired) electrons. The second kappa shape index (κ2) is 2.62. The second-order valence-electron chi connectivity index (χ2n) is 2.85. The number of aryl methyl sites for hydroxylation is 1. The lowest BCUT2D eigenvalue weighted by molar-refractivity contribution is 0.568. The Bertz CT molecular complexity index is 253. The molecule has 1 aromatic rings. The maximum absolute atomic E-state index is 5.43. The number of hydrogen-bond acceptors (Lipinski definition) is 3. The predicted octanol–water partition coefficient (Wildman–Crippen LogP) is -0.275. The van der Waals surface area contributed by atoms with Crippen molar-refractivity contribution in [1.82, 2.24) is 15.0 Å². The van der Waals surface area contributed by atoms with Crippen molar-refractivity contribution in [3.63, 3.8) is 0 Å². The van der Waals surface area contributed by atoms with Gasteiger partial charge in [0.2, 0.25) is 0 Å². The van der Waals surface area contributed by atoms with Gasteiger partial charge in [-0.15, -0.1) is 5.10 Å². The van der Waals surface area contributed by atoms with Crippen LogP contribution in [0.5, 0.6) is 0 Å². The number of nitrogens with two attached hydrogens (primary N) is 1. The van der Waals surface area contributed by atoms with Crippen molar-refractivity contribution in [1.29, 1.82) is 0 Å². The molecular formula is C7H12N4. The van der Waals surface area contributed by atoms with E-state index in [0.29, 0.717) is 6.54 Å². The van der Waals surface area contributed by atoms with Crippen LogP contribution in [0.4, 0.5) is 0 Å². The van der Waals surface area contributed by atoms with Crippen LogP contribution < -0.4 is 5.73 Å². The Hall–Kier alpha value is -0.900. The molecule has 11 heavy (non-hydrogen) atoms. The summed E-state index contributed by atoms with van der Waals surface area (Å²) >= 11 is 0. The van der Waals surface area contributed by atoms with E-state index in [0.717, 1.165) is 19.4 Å². The molecule has 1 aromatic heterocycles. The number of aromatic nitrogens is 3. The molecule has 0 spiro atoms. The fourth-order valence-corrected chi connectivity index (χ4v) is 1.56. The molecule has 1 aliphatic rings. The molecule has 0 saturated carbocycles. The Morgan fingerprint density at radius 2 is 2.36 bits per heavy atom. The first kappa shape index (κ1) is 6.79. The van der Waals surface area contributed by atoms with Crippen LogP contribution in [-0.2, 0) is 19.4 Å². The van der Waals surface area contributed by atoms with Gasteiger partial charge in [0.25, 0.3) is 0 Å². The fraction of sp³-hybridized carbons (Fsp3) is 0.714. The first-order valence-corrected chi connectivity index (χ1v) is 4.03. The third kappa shape index (κ3) is 1.03. The number of hydrogen-bond donors (Lipinski definition) is 1. The van der Waals surface area contributed by atoms with E-state index in [2.05, 4.69) is 10.3 Å². The van der Waals surface area contributed by atoms with Crippen LogP contribution in [-0.4, -0.2) is 21.5 Å². The Kier molecular flexibility index (Phi) is 1.62. The molecule has 2 rings (SSSR count). The Balaban J connectivity index is 2.27. The smallest absolute Gasteiger partial charge is 0.0859 e. The molecule has 2 N–H and O–H groups in total. The molecular weight excluding hydrogens is 140 g/mol. The zero-order valence-electron chi connectivity index (χ0n) is 6.45. The van der Waals surface area contributed by atoms with Gasteiger partial charge in [0.15, 0.2) is 0 Å². The van der Waals surface area contributed by atoms with Gasteiger partial charge in [-0.3, -0.25) is 0 Å². The summed E-state index contributed by atoms with van der Waals surface area (Å²) in [6, 6.07) is 0. The van der Waals surface area contributed by atoms with Crippen LogP contribution in [0.2, 0.25) is 0 Å². The lowest BCUT2D eigenvalue weighted by Crippen LogP contribution is -2.13. The molecule has 0 saturated heterocycles. The quantitative estimate of drug-likeness (QED) is 0.634. The van der Waals surface area contributed by atoms with Gasteiger partial charge in [0.05, 0.1) is 17.9 Å². The fourth-order valence-electron chi connectivity index (χ4n) is 1.56. The minimum atomic E-state index is 0.649. The van der Waals surface area contributed by atoms with Gasteiger partial charge >= 0.3 is 0 Å². The van der Waals surface area contributed by atoms with E-state index in [1.807, 2.05) is 4.68 Å². The average molecular weight is 152 g/mol. The van der Waals surface area contributed by atoms with E-state index >= 15 is 0 Å². The van der Waals surface area contributed by atoms with Gasteiger partial charge in [-0.1, -0.05) is 5.21 Å². The molecule has 1 aliphatic carbocycles. The van der Waals surface area contributed by atoms with E-state index in [1.165, 1.54) is 17.8 Å². The van der Waals surface area contributed by atoms with Crippen LogP contribution in [0.25, 0.3) is 0 Å². The molecule has 1 heterocycles. The van der Waals surface area contributed by atoms with Crippen LogP contribution >= 0.6 is 0 Å². The molecule has 4 nitrogen and oxygen atoms in total. The summed E-state index contributed by atoms with van der Waals surface area (Å²) in [6.07, 6.45) is 3.45. The Morgan fingerprint density at radius 3 is 3.18 bits per heavy atom. The normalized spacial score (nSPS) is 15.4. The first-order valence-electron chi connectivity index (χ1n) is 4.03. The third-order valence-electron chi connectivity index (χ3n) is 2.09. The second-order valence-corrected chi connectivity index (χ2v) is 2.85. The van der Waals surface area contributed by atoms with Crippen molar-refractivity contribution in [2.24, 2.45) is 5.73 Å². The highest BCUT2D eigenvalue weighted by molar-refractivity contribution is 5.15. The minimum Gasteiger partial charge on any atom is -0.329 e. The topological polar surface area (TPSA) is 56.7 Å². The predicted molar refractivity (Wildman–Crippen MR) is 41.1 cm³/mol. The molecule has 0 unspecified atom stereocenters. The Labute approximate surface area is 65.4 Å². The molecule has 60 valence electrons. The molecule has 4 heteroatoms. The van der Waals surface area contributed by atoms with Gasteiger partial charge in [-0.05, 0) is 19.3 Å². The summed E-state index contributed by atoms with van der Waals surface area (Å²) in [7, 11) is 0. The van der Waals surface area contributed by atoms with Crippen molar-refractivity contribution in [3.05, 3.63) is 11.4 Å². The molecule has 0 fully saturated rings. The average Bonchev–Trinajstić information content (AvgIpc) is 2.53. The summed E-state index contributed by atoms with van der Waals surface area (Å²) in [5.74, 6) is 0. The summed E-state index contributed by atoms with van der Waals surface area (Å²) in [5.41, 5.74) is 7.91. The van der Waals surface area contributed by atoms with Crippen molar-refractivity contribution < 1.29 is 0 Å². The van der Waals surface area contributed by atoms with Gasteiger partial charge in [0.1, 0.15) is 0 Å².